The number of aromatic nitrogens is 2. The lowest BCUT2D eigenvalue weighted by Crippen LogP contribution is -2.31. The van der Waals surface area contributed by atoms with E-state index in [1.165, 1.54) is 0 Å². The maximum absolute atomic E-state index is 9.00. The SMILES string of the molecule is CCCCc1noc(CN(C)C(C)CO)n1. The summed E-state index contributed by atoms with van der Waals surface area (Å²) in [6.45, 7) is 4.81. The molecular weight excluding hydrogens is 206 g/mol. The molecule has 16 heavy (non-hydrogen) atoms. The quantitative estimate of drug-likeness (QED) is 0.759. The summed E-state index contributed by atoms with van der Waals surface area (Å²) in [6.07, 6.45) is 3.09. The van der Waals surface area contributed by atoms with E-state index in [0.29, 0.717) is 12.4 Å². The van der Waals surface area contributed by atoms with Gasteiger partial charge in [0.25, 0.3) is 0 Å². The Morgan fingerprint density at radius 1 is 1.50 bits per heavy atom. The summed E-state index contributed by atoms with van der Waals surface area (Å²) in [4.78, 5) is 6.29. The summed E-state index contributed by atoms with van der Waals surface area (Å²) < 4.78 is 5.14. The number of unbranched alkanes of at least 4 members (excludes halogenated alkanes) is 1. The Morgan fingerprint density at radius 2 is 2.25 bits per heavy atom. The second-order valence-electron chi connectivity index (χ2n) is 4.15. The van der Waals surface area contributed by atoms with E-state index in [1.807, 2.05) is 18.9 Å². The number of aryl methyl sites for hydroxylation is 1. The van der Waals surface area contributed by atoms with E-state index in [4.69, 9.17) is 9.63 Å². The number of aliphatic hydroxyl groups is 1. The van der Waals surface area contributed by atoms with Gasteiger partial charge >= 0.3 is 0 Å². The molecule has 92 valence electrons. The van der Waals surface area contributed by atoms with Gasteiger partial charge in [0, 0.05) is 12.5 Å². The van der Waals surface area contributed by atoms with Crippen molar-refractivity contribution in [3.05, 3.63) is 11.7 Å². The minimum absolute atomic E-state index is 0.103. The van der Waals surface area contributed by atoms with E-state index >= 15 is 0 Å². The molecular formula is C11H21N3O2. The van der Waals surface area contributed by atoms with Crippen molar-refractivity contribution >= 4 is 0 Å². The lowest BCUT2D eigenvalue weighted by molar-refractivity contribution is 0.142. The summed E-state index contributed by atoms with van der Waals surface area (Å²) >= 11 is 0. The minimum Gasteiger partial charge on any atom is -0.395 e. The number of nitrogens with zero attached hydrogens (tertiary/aromatic N) is 3. The zero-order valence-electron chi connectivity index (χ0n) is 10.3. The van der Waals surface area contributed by atoms with Gasteiger partial charge in [-0.05, 0) is 20.4 Å². The molecule has 0 saturated carbocycles. The van der Waals surface area contributed by atoms with E-state index in [9.17, 15) is 0 Å². The van der Waals surface area contributed by atoms with E-state index in [0.717, 1.165) is 25.1 Å². The summed E-state index contributed by atoms with van der Waals surface area (Å²) in [5, 5.41) is 12.9. The monoisotopic (exact) mass is 227 g/mol. The summed E-state index contributed by atoms with van der Waals surface area (Å²) in [7, 11) is 1.93. The number of hydrogen-bond acceptors (Lipinski definition) is 5. The molecule has 0 fully saturated rings. The van der Waals surface area contributed by atoms with Crippen LogP contribution in [0.1, 0.15) is 38.4 Å². The van der Waals surface area contributed by atoms with Crippen LogP contribution in [0.15, 0.2) is 4.52 Å². The molecule has 0 amide bonds. The van der Waals surface area contributed by atoms with Crippen LogP contribution in [0.5, 0.6) is 0 Å². The van der Waals surface area contributed by atoms with Crippen LogP contribution in [0.3, 0.4) is 0 Å². The molecule has 0 aliphatic heterocycles. The van der Waals surface area contributed by atoms with Crippen LogP contribution in [-0.2, 0) is 13.0 Å². The summed E-state index contributed by atoms with van der Waals surface area (Å²) in [5.41, 5.74) is 0. The highest BCUT2D eigenvalue weighted by atomic mass is 16.5. The smallest absolute Gasteiger partial charge is 0.240 e. The lowest BCUT2D eigenvalue weighted by atomic mass is 10.2. The van der Waals surface area contributed by atoms with Gasteiger partial charge in [-0.25, -0.2) is 0 Å². The maximum Gasteiger partial charge on any atom is 0.240 e. The van der Waals surface area contributed by atoms with Crippen LogP contribution >= 0.6 is 0 Å². The van der Waals surface area contributed by atoms with Crippen molar-refractivity contribution in [2.24, 2.45) is 0 Å². The van der Waals surface area contributed by atoms with E-state index in [1.54, 1.807) is 0 Å². The normalized spacial score (nSPS) is 13.3. The predicted octanol–water partition coefficient (Wildman–Crippen LogP) is 1.22. The van der Waals surface area contributed by atoms with Gasteiger partial charge in [0.2, 0.25) is 5.89 Å². The number of likely N-dealkylation sites (N-methyl/N-ethyl adjacent to an activating group) is 1. The average molecular weight is 227 g/mol. The Kier molecular flexibility index (Phi) is 5.42. The standard InChI is InChI=1S/C11H21N3O2/c1-4-5-6-10-12-11(16-13-10)7-14(3)9(2)8-15/h9,15H,4-8H2,1-3H3. The Bertz CT molecular complexity index is 301. The Labute approximate surface area is 96.5 Å². The zero-order chi connectivity index (χ0) is 12.0. The van der Waals surface area contributed by atoms with Gasteiger partial charge in [-0.2, -0.15) is 4.98 Å². The fourth-order valence-electron chi connectivity index (χ4n) is 1.30. The highest BCUT2D eigenvalue weighted by molar-refractivity contribution is 4.86. The predicted molar refractivity (Wildman–Crippen MR) is 60.9 cm³/mol. The minimum atomic E-state index is 0.103. The van der Waals surface area contributed by atoms with Crippen LogP contribution in [0, 0.1) is 0 Å². The highest BCUT2D eigenvalue weighted by Gasteiger charge is 2.12. The van der Waals surface area contributed by atoms with E-state index < -0.39 is 0 Å². The van der Waals surface area contributed by atoms with Crippen LogP contribution in [0.25, 0.3) is 0 Å². The van der Waals surface area contributed by atoms with Crippen molar-refractivity contribution < 1.29 is 9.63 Å². The molecule has 0 bridgehead atoms. The fourth-order valence-corrected chi connectivity index (χ4v) is 1.30. The second-order valence-corrected chi connectivity index (χ2v) is 4.15. The van der Waals surface area contributed by atoms with Crippen molar-refractivity contribution in [2.75, 3.05) is 13.7 Å². The van der Waals surface area contributed by atoms with Gasteiger partial charge in [-0.15, -0.1) is 0 Å². The molecule has 1 unspecified atom stereocenters. The third kappa shape index (κ3) is 3.90. The maximum atomic E-state index is 9.00. The Balaban J connectivity index is 2.45. The molecule has 1 rings (SSSR count). The third-order valence-corrected chi connectivity index (χ3v) is 2.67. The molecule has 1 N–H and O–H groups in total. The summed E-state index contributed by atoms with van der Waals surface area (Å²) in [5.74, 6) is 1.40. The molecule has 0 aliphatic rings. The van der Waals surface area contributed by atoms with Crippen LogP contribution in [0.2, 0.25) is 0 Å². The third-order valence-electron chi connectivity index (χ3n) is 2.67. The Morgan fingerprint density at radius 3 is 2.88 bits per heavy atom. The topological polar surface area (TPSA) is 62.4 Å². The molecule has 0 aromatic carbocycles. The molecule has 5 heteroatoms. The van der Waals surface area contributed by atoms with Crippen molar-refractivity contribution in [3.8, 4) is 0 Å². The van der Waals surface area contributed by atoms with Crippen LogP contribution in [-0.4, -0.2) is 39.8 Å². The first kappa shape index (κ1) is 13.1. The van der Waals surface area contributed by atoms with Crippen molar-refractivity contribution in [1.82, 2.24) is 15.0 Å². The van der Waals surface area contributed by atoms with Crippen molar-refractivity contribution in [3.63, 3.8) is 0 Å². The van der Waals surface area contributed by atoms with Crippen LogP contribution in [0.4, 0.5) is 0 Å². The summed E-state index contributed by atoms with van der Waals surface area (Å²) in [6, 6.07) is 0.103. The van der Waals surface area contributed by atoms with Gasteiger partial charge in [0.1, 0.15) is 0 Å². The molecule has 1 atom stereocenters. The van der Waals surface area contributed by atoms with Crippen LogP contribution < -0.4 is 0 Å². The largest absolute Gasteiger partial charge is 0.395 e. The van der Waals surface area contributed by atoms with E-state index in [-0.39, 0.29) is 12.6 Å². The first-order valence-electron chi connectivity index (χ1n) is 5.80. The first-order valence-corrected chi connectivity index (χ1v) is 5.80. The molecule has 0 radical (unpaired) electrons. The molecule has 5 nitrogen and oxygen atoms in total. The average Bonchev–Trinajstić information content (AvgIpc) is 2.72. The molecule has 0 saturated heterocycles. The lowest BCUT2D eigenvalue weighted by Gasteiger charge is -2.20. The molecule has 1 aromatic rings. The molecule has 0 spiro atoms. The van der Waals surface area contributed by atoms with Crippen molar-refractivity contribution in [2.45, 2.75) is 45.7 Å². The fraction of sp³-hybridized carbons (Fsp3) is 0.818. The molecule has 1 heterocycles. The van der Waals surface area contributed by atoms with Gasteiger partial charge < -0.3 is 9.63 Å². The second kappa shape index (κ2) is 6.60. The number of aliphatic hydroxyl groups excluding tert-OH is 1. The molecule has 0 aliphatic carbocycles. The van der Waals surface area contributed by atoms with Gasteiger partial charge in [-0.3, -0.25) is 4.90 Å². The van der Waals surface area contributed by atoms with Crippen molar-refractivity contribution in [1.29, 1.82) is 0 Å². The van der Waals surface area contributed by atoms with Gasteiger partial charge in [0.15, 0.2) is 5.82 Å². The number of rotatable bonds is 7. The number of hydrogen-bond donors (Lipinski definition) is 1. The van der Waals surface area contributed by atoms with E-state index in [2.05, 4.69) is 17.1 Å². The zero-order valence-corrected chi connectivity index (χ0v) is 10.3. The first-order chi connectivity index (χ1) is 7.67. The van der Waals surface area contributed by atoms with Gasteiger partial charge in [-0.1, -0.05) is 18.5 Å². The highest BCUT2D eigenvalue weighted by Crippen LogP contribution is 2.06. The molecule has 1 aromatic heterocycles. The van der Waals surface area contributed by atoms with Gasteiger partial charge in [0.05, 0.1) is 13.2 Å². The Hall–Kier alpha value is -0.940.